The molecule has 0 aromatic heterocycles. The van der Waals surface area contributed by atoms with Crippen molar-refractivity contribution in [3.05, 3.63) is 28.3 Å². The molecule has 0 spiro atoms. The summed E-state index contributed by atoms with van der Waals surface area (Å²) in [6, 6.07) is 4.70. The summed E-state index contributed by atoms with van der Waals surface area (Å²) in [5.41, 5.74) is 6.63. The predicted octanol–water partition coefficient (Wildman–Crippen LogP) is 1.52. The summed E-state index contributed by atoms with van der Waals surface area (Å²) in [6.45, 7) is 2.58. The largest absolute Gasteiger partial charge is 0.490 e. The first kappa shape index (κ1) is 14.5. The van der Waals surface area contributed by atoms with Gasteiger partial charge in [-0.2, -0.15) is 0 Å². The summed E-state index contributed by atoms with van der Waals surface area (Å²) < 4.78 is 10.6. The Morgan fingerprint density at radius 2 is 2.30 bits per heavy atom. The van der Waals surface area contributed by atoms with Crippen LogP contribution < -0.4 is 15.8 Å². The van der Waals surface area contributed by atoms with E-state index in [0.717, 1.165) is 12.1 Å². The standard InChI is InChI=1S/C13H19N3O4/c1-3-20-12-7-9(14)13(12)15-8-4-5-10(16(17)18)11(6-8)19-2/h4-6,9,12-13,15H,3,7,14H2,1-2H3. The first-order chi connectivity index (χ1) is 9.56. The highest BCUT2D eigenvalue weighted by atomic mass is 16.6. The lowest BCUT2D eigenvalue weighted by atomic mass is 9.83. The van der Waals surface area contributed by atoms with Crippen molar-refractivity contribution < 1.29 is 14.4 Å². The van der Waals surface area contributed by atoms with Crippen LogP contribution in [0.25, 0.3) is 0 Å². The average molecular weight is 281 g/mol. The van der Waals surface area contributed by atoms with E-state index in [1.165, 1.54) is 13.2 Å². The molecule has 1 aliphatic rings. The maximum absolute atomic E-state index is 10.8. The molecule has 3 atom stereocenters. The second-order valence-electron chi connectivity index (χ2n) is 4.71. The van der Waals surface area contributed by atoms with Gasteiger partial charge in [0.15, 0.2) is 5.75 Å². The summed E-state index contributed by atoms with van der Waals surface area (Å²) >= 11 is 0. The molecule has 0 bridgehead atoms. The molecule has 2 rings (SSSR count). The normalized spacial score (nSPS) is 24.9. The lowest BCUT2D eigenvalue weighted by molar-refractivity contribution is -0.385. The fourth-order valence-corrected chi connectivity index (χ4v) is 2.34. The highest BCUT2D eigenvalue weighted by Gasteiger charge is 2.39. The molecule has 0 aliphatic heterocycles. The molecular formula is C13H19N3O4. The van der Waals surface area contributed by atoms with Crippen LogP contribution in [0.1, 0.15) is 13.3 Å². The minimum absolute atomic E-state index is 0.0149. The van der Waals surface area contributed by atoms with E-state index in [-0.39, 0.29) is 29.6 Å². The van der Waals surface area contributed by atoms with Gasteiger partial charge in [-0.25, -0.2) is 0 Å². The molecule has 110 valence electrons. The molecule has 1 aromatic rings. The lowest BCUT2D eigenvalue weighted by Gasteiger charge is -2.43. The number of ether oxygens (including phenoxy) is 2. The zero-order valence-corrected chi connectivity index (χ0v) is 11.5. The monoisotopic (exact) mass is 281 g/mol. The van der Waals surface area contributed by atoms with Gasteiger partial charge in [-0.3, -0.25) is 10.1 Å². The smallest absolute Gasteiger partial charge is 0.311 e. The van der Waals surface area contributed by atoms with Crippen LogP contribution in [0.15, 0.2) is 18.2 Å². The topological polar surface area (TPSA) is 99.7 Å². The Morgan fingerprint density at radius 1 is 1.55 bits per heavy atom. The van der Waals surface area contributed by atoms with Crippen LogP contribution in [0, 0.1) is 10.1 Å². The molecule has 3 unspecified atom stereocenters. The van der Waals surface area contributed by atoms with E-state index in [2.05, 4.69) is 5.32 Å². The quantitative estimate of drug-likeness (QED) is 0.605. The van der Waals surface area contributed by atoms with Crippen molar-refractivity contribution in [3.8, 4) is 5.75 Å². The Balaban J connectivity index is 2.11. The van der Waals surface area contributed by atoms with Gasteiger partial charge in [-0.15, -0.1) is 0 Å². The second kappa shape index (κ2) is 6.06. The maximum atomic E-state index is 10.8. The molecule has 3 N–H and O–H groups in total. The van der Waals surface area contributed by atoms with E-state index < -0.39 is 4.92 Å². The summed E-state index contributed by atoms with van der Waals surface area (Å²) in [4.78, 5) is 10.4. The van der Waals surface area contributed by atoms with E-state index in [0.29, 0.717) is 6.61 Å². The number of nitrogens with two attached hydrogens (primary N) is 1. The summed E-state index contributed by atoms with van der Waals surface area (Å²) in [7, 11) is 1.41. The number of benzene rings is 1. The SMILES string of the molecule is CCOC1CC(N)C1Nc1ccc([N+](=O)[O-])c(OC)c1. The molecule has 0 saturated heterocycles. The lowest BCUT2D eigenvalue weighted by Crippen LogP contribution is -2.60. The molecule has 7 heteroatoms. The number of nitrogens with one attached hydrogen (secondary N) is 1. The number of hydrogen-bond donors (Lipinski definition) is 2. The minimum atomic E-state index is -0.472. The van der Waals surface area contributed by atoms with E-state index in [4.69, 9.17) is 15.2 Å². The van der Waals surface area contributed by atoms with E-state index >= 15 is 0 Å². The highest BCUT2D eigenvalue weighted by molar-refractivity contribution is 5.58. The van der Waals surface area contributed by atoms with Gasteiger partial charge in [0.05, 0.1) is 24.2 Å². The molecule has 7 nitrogen and oxygen atoms in total. The molecule has 0 amide bonds. The zero-order valence-electron chi connectivity index (χ0n) is 11.5. The Kier molecular flexibility index (Phi) is 4.41. The van der Waals surface area contributed by atoms with Gasteiger partial charge in [0.1, 0.15) is 0 Å². The number of nitro groups is 1. The van der Waals surface area contributed by atoms with E-state index in [1.54, 1.807) is 12.1 Å². The molecule has 0 radical (unpaired) electrons. The van der Waals surface area contributed by atoms with Gasteiger partial charge in [0.25, 0.3) is 0 Å². The Morgan fingerprint density at radius 3 is 2.85 bits per heavy atom. The second-order valence-corrected chi connectivity index (χ2v) is 4.71. The van der Waals surface area contributed by atoms with Crippen molar-refractivity contribution in [1.82, 2.24) is 0 Å². The van der Waals surface area contributed by atoms with Gasteiger partial charge < -0.3 is 20.5 Å². The van der Waals surface area contributed by atoms with Crippen LogP contribution >= 0.6 is 0 Å². The number of hydrogen-bond acceptors (Lipinski definition) is 6. The van der Waals surface area contributed by atoms with Gasteiger partial charge in [0, 0.05) is 30.5 Å². The number of nitrogens with zero attached hydrogens (tertiary/aromatic N) is 1. The Labute approximate surface area is 117 Å². The van der Waals surface area contributed by atoms with E-state index in [1.807, 2.05) is 6.92 Å². The third-order valence-electron chi connectivity index (χ3n) is 3.46. The third-order valence-corrected chi connectivity index (χ3v) is 3.46. The maximum Gasteiger partial charge on any atom is 0.311 e. The number of methoxy groups -OCH3 is 1. The Hall–Kier alpha value is -1.86. The number of anilines is 1. The summed E-state index contributed by atoms with van der Waals surface area (Å²) in [5.74, 6) is 0.223. The third kappa shape index (κ3) is 2.83. The predicted molar refractivity (Wildman–Crippen MR) is 75.1 cm³/mol. The van der Waals surface area contributed by atoms with Gasteiger partial charge >= 0.3 is 5.69 Å². The van der Waals surface area contributed by atoms with Crippen LogP contribution in [-0.2, 0) is 4.74 Å². The van der Waals surface area contributed by atoms with Crippen LogP contribution in [0.4, 0.5) is 11.4 Å². The van der Waals surface area contributed by atoms with Crippen molar-refractivity contribution in [2.75, 3.05) is 19.0 Å². The highest BCUT2D eigenvalue weighted by Crippen LogP contribution is 2.32. The molecule has 1 aliphatic carbocycles. The van der Waals surface area contributed by atoms with Gasteiger partial charge in [-0.05, 0) is 19.4 Å². The first-order valence-corrected chi connectivity index (χ1v) is 6.53. The minimum Gasteiger partial charge on any atom is -0.490 e. The number of rotatable bonds is 6. The van der Waals surface area contributed by atoms with Crippen molar-refractivity contribution >= 4 is 11.4 Å². The van der Waals surface area contributed by atoms with Gasteiger partial charge in [-0.1, -0.05) is 0 Å². The fraction of sp³-hybridized carbons (Fsp3) is 0.538. The van der Waals surface area contributed by atoms with Gasteiger partial charge in [0.2, 0.25) is 0 Å². The van der Waals surface area contributed by atoms with Crippen molar-refractivity contribution in [1.29, 1.82) is 0 Å². The molecule has 0 heterocycles. The van der Waals surface area contributed by atoms with E-state index in [9.17, 15) is 10.1 Å². The Bertz CT molecular complexity index is 493. The molecular weight excluding hydrogens is 262 g/mol. The molecule has 20 heavy (non-hydrogen) atoms. The summed E-state index contributed by atoms with van der Waals surface area (Å²) in [6.07, 6.45) is 0.895. The van der Waals surface area contributed by atoms with Crippen LogP contribution in [-0.4, -0.2) is 36.8 Å². The zero-order chi connectivity index (χ0) is 14.7. The van der Waals surface area contributed by atoms with Crippen molar-refractivity contribution in [3.63, 3.8) is 0 Å². The molecule has 1 fully saturated rings. The first-order valence-electron chi connectivity index (χ1n) is 6.53. The summed E-state index contributed by atoms with van der Waals surface area (Å²) in [5, 5.41) is 14.1. The molecule has 1 saturated carbocycles. The van der Waals surface area contributed by atoms with Crippen LogP contribution in [0.3, 0.4) is 0 Å². The van der Waals surface area contributed by atoms with Crippen molar-refractivity contribution in [2.24, 2.45) is 5.73 Å². The fourth-order valence-electron chi connectivity index (χ4n) is 2.34. The van der Waals surface area contributed by atoms with Crippen LogP contribution in [0.5, 0.6) is 5.75 Å². The van der Waals surface area contributed by atoms with Crippen LogP contribution in [0.2, 0.25) is 0 Å². The molecule has 1 aromatic carbocycles. The average Bonchev–Trinajstić information content (AvgIpc) is 2.44. The number of nitro benzene ring substituents is 1. The van der Waals surface area contributed by atoms with Crippen molar-refractivity contribution in [2.45, 2.75) is 31.5 Å².